The molecule has 0 radical (unpaired) electrons. The SMILES string of the molecule is CC/C=C/C/C=C/C/C=C/C/C=C/C/C=C/CCCC(=O)OC[C@@H](COP(=O)(O)OC1C(O)C(O)C(O)[C@H](O)C1O)OC(=O)CCC/C=C/C/C=C/C/C=C/C/C=C/CCCCC. The topological polar surface area (TPSA) is 210 Å². The molecular formula is C49H77O13P. The molecule has 6 unspecified atom stereocenters. The Kier molecular flexibility index (Phi) is 34.6. The van der Waals surface area contributed by atoms with Crippen molar-refractivity contribution in [3.63, 3.8) is 0 Å². The third-order valence-electron chi connectivity index (χ3n) is 9.60. The summed E-state index contributed by atoms with van der Waals surface area (Å²) >= 11 is 0. The van der Waals surface area contributed by atoms with Gasteiger partial charge in [-0.25, -0.2) is 4.57 Å². The zero-order chi connectivity index (χ0) is 46.4. The average Bonchev–Trinajstić information content (AvgIpc) is 3.26. The summed E-state index contributed by atoms with van der Waals surface area (Å²) in [6.07, 6.45) is 38.7. The third kappa shape index (κ3) is 30.3. The highest BCUT2D eigenvalue weighted by Crippen LogP contribution is 2.47. The first-order valence-corrected chi connectivity index (χ1v) is 24.2. The first-order valence-electron chi connectivity index (χ1n) is 22.7. The van der Waals surface area contributed by atoms with Crippen LogP contribution in [0.4, 0.5) is 0 Å². The maximum atomic E-state index is 12.8. The van der Waals surface area contributed by atoms with Gasteiger partial charge in [0.2, 0.25) is 0 Å². The number of aliphatic hydroxyl groups excluding tert-OH is 5. The van der Waals surface area contributed by atoms with Crippen molar-refractivity contribution in [3.8, 4) is 0 Å². The fourth-order valence-corrected chi connectivity index (χ4v) is 6.93. The molecule has 0 amide bonds. The summed E-state index contributed by atoms with van der Waals surface area (Å²) in [7, 11) is -5.15. The van der Waals surface area contributed by atoms with Crippen LogP contribution >= 0.6 is 7.82 Å². The standard InChI is InChI=1S/C49H77O13P/c1-3-5-7-9-11-13-15-17-19-21-23-25-27-29-31-33-35-37-42(50)59-39-41(40-60-63(57,58)62-49-47(55)45(53)44(52)46(54)48(49)56)61-43(51)38-36-34-32-30-28-26-24-22-20-18-16-14-12-10-8-6-4-2/h5,7,11-14,17-20,23-26,29-32,41,44-49,52-56H,3-4,6,8-10,15-16,21-22,27-28,33-40H2,1-2H3,(H,57,58)/b7-5+,13-11+,14-12+,19-17+,20-18+,25-23+,26-24+,31-29+,32-30+/t41-,44?,45-,46?,47?,48?,49?/m0/s1. The Labute approximate surface area is 376 Å². The molecule has 1 fully saturated rings. The number of carbonyl (C=O) groups is 2. The zero-order valence-corrected chi connectivity index (χ0v) is 38.5. The second kappa shape index (κ2) is 37.8. The van der Waals surface area contributed by atoms with E-state index in [1.807, 2.05) is 24.3 Å². The highest BCUT2D eigenvalue weighted by Gasteiger charge is 2.51. The fraction of sp³-hybridized carbons (Fsp3) is 0.592. The molecule has 0 aromatic heterocycles. The molecule has 0 bridgehead atoms. The molecule has 356 valence electrons. The van der Waals surface area contributed by atoms with Gasteiger partial charge in [-0.05, 0) is 89.9 Å². The summed E-state index contributed by atoms with van der Waals surface area (Å²) < 4.78 is 33.4. The number of unbranched alkanes of at least 4 members (excludes halogenated alkanes) is 5. The fourth-order valence-electron chi connectivity index (χ4n) is 5.96. The van der Waals surface area contributed by atoms with E-state index in [2.05, 4.69) is 98.9 Å². The van der Waals surface area contributed by atoms with Crippen LogP contribution in [-0.2, 0) is 32.7 Å². The van der Waals surface area contributed by atoms with Crippen molar-refractivity contribution in [3.05, 3.63) is 109 Å². The van der Waals surface area contributed by atoms with Crippen molar-refractivity contribution in [2.45, 2.75) is 172 Å². The number of ether oxygens (including phenoxy) is 2. The maximum absolute atomic E-state index is 12.8. The van der Waals surface area contributed by atoms with E-state index in [-0.39, 0.29) is 12.8 Å². The lowest BCUT2D eigenvalue weighted by Crippen LogP contribution is -2.64. The summed E-state index contributed by atoms with van der Waals surface area (Å²) in [5.74, 6) is -1.25. The van der Waals surface area contributed by atoms with Crippen molar-refractivity contribution in [1.82, 2.24) is 0 Å². The van der Waals surface area contributed by atoms with E-state index < -0.39 is 75.7 Å². The predicted molar refractivity (Wildman–Crippen MR) is 248 cm³/mol. The second-order valence-electron chi connectivity index (χ2n) is 15.2. The average molecular weight is 905 g/mol. The van der Waals surface area contributed by atoms with Gasteiger partial charge in [0, 0.05) is 12.8 Å². The predicted octanol–water partition coefficient (Wildman–Crippen LogP) is 8.83. The maximum Gasteiger partial charge on any atom is 0.472 e. The van der Waals surface area contributed by atoms with Crippen molar-refractivity contribution in [1.29, 1.82) is 0 Å². The number of aliphatic hydroxyl groups is 5. The minimum absolute atomic E-state index is 0.00155. The highest BCUT2D eigenvalue weighted by atomic mass is 31.2. The number of hydrogen-bond acceptors (Lipinski definition) is 12. The quantitative estimate of drug-likeness (QED) is 0.0152. The zero-order valence-electron chi connectivity index (χ0n) is 37.6. The number of rotatable bonds is 35. The molecule has 0 aromatic rings. The molecule has 1 aliphatic rings. The first kappa shape index (κ1) is 57.5. The number of hydrogen-bond donors (Lipinski definition) is 6. The Morgan fingerprint density at radius 1 is 0.508 bits per heavy atom. The molecule has 13 nitrogen and oxygen atoms in total. The third-order valence-corrected chi connectivity index (χ3v) is 10.6. The Morgan fingerprint density at radius 3 is 1.32 bits per heavy atom. The molecule has 63 heavy (non-hydrogen) atoms. The molecule has 1 aliphatic carbocycles. The van der Waals surface area contributed by atoms with Crippen LogP contribution in [0.1, 0.15) is 129 Å². The Bertz CT molecular complexity index is 1510. The highest BCUT2D eigenvalue weighted by molar-refractivity contribution is 7.47. The van der Waals surface area contributed by atoms with Crippen molar-refractivity contribution >= 4 is 19.8 Å². The Morgan fingerprint density at radius 2 is 0.889 bits per heavy atom. The molecule has 1 rings (SSSR count). The van der Waals surface area contributed by atoms with Gasteiger partial charge in [-0.15, -0.1) is 0 Å². The van der Waals surface area contributed by atoms with Crippen LogP contribution in [-0.4, -0.2) is 98.3 Å². The normalized spacial score (nSPS) is 22.7. The van der Waals surface area contributed by atoms with Gasteiger partial charge in [-0.1, -0.05) is 136 Å². The van der Waals surface area contributed by atoms with Gasteiger partial charge in [-0.3, -0.25) is 18.6 Å². The van der Waals surface area contributed by atoms with E-state index in [0.29, 0.717) is 25.7 Å². The van der Waals surface area contributed by atoms with E-state index in [1.54, 1.807) is 0 Å². The van der Waals surface area contributed by atoms with Gasteiger partial charge < -0.3 is 39.9 Å². The van der Waals surface area contributed by atoms with Crippen LogP contribution in [0.3, 0.4) is 0 Å². The lowest BCUT2D eigenvalue weighted by Gasteiger charge is -2.41. The van der Waals surface area contributed by atoms with Crippen molar-refractivity contribution in [2.75, 3.05) is 13.2 Å². The first-order chi connectivity index (χ1) is 30.4. The van der Waals surface area contributed by atoms with Gasteiger partial charge in [-0.2, -0.15) is 0 Å². The van der Waals surface area contributed by atoms with Crippen molar-refractivity contribution in [2.24, 2.45) is 0 Å². The second-order valence-corrected chi connectivity index (χ2v) is 16.6. The van der Waals surface area contributed by atoms with Gasteiger partial charge >= 0.3 is 19.8 Å². The summed E-state index contributed by atoms with van der Waals surface area (Å²) in [5.41, 5.74) is 0. The minimum atomic E-state index is -5.15. The van der Waals surface area contributed by atoms with Crippen LogP contribution in [0.2, 0.25) is 0 Å². The van der Waals surface area contributed by atoms with Gasteiger partial charge in [0.05, 0.1) is 6.61 Å². The molecule has 0 aliphatic heterocycles. The minimum Gasteiger partial charge on any atom is -0.462 e. The lowest BCUT2D eigenvalue weighted by molar-refractivity contribution is -0.220. The largest absolute Gasteiger partial charge is 0.472 e. The molecule has 1 saturated carbocycles. The molecule has 6 N–H and O–H groups in total. The molecule has 0 spiro atoms. The number of allylic oxidation sites excluding steroid dienone is 18. The summed E-state index contributed by atoms with van der Waals surface area (Å²) in [5, 5.41) is 50.1. The molecule has 0 aromatic carbocycles. The Hall–Kier alpha value is -3.49. The number of phosphoric ester groups is 1. The molecular weight excluding hydrogens is 827 g/mol. The number of phosphoric acid groups is 1. The van der Waals surface area contributed by atoms with E-state index in [9.17, 15) is 44.6 Å². The summed E-state index contributed by atoms with van der Waals surface area (Å²) in [4.78, 5) is 35.6. The molecule has 8 atom stereocenters. The molecule has 0 saturated heterocycles. The van der Waals surface area contributed by atoms with E-state index in [0.717, 1.165) is 57.8 Å². The monoisotopic (exact) mass is 905 g/mol. The van der Waals surface area contributed by atoms with Gasteiger partial charge in [0.1, 0.15) is 43.2 Å². The smallest absolute Gasteiger partial charge is 0.462 e. The van der Waals surface area contributed by atoms with E-state index in [4.69, 9.17) is 18.5 Å². The number of esters is 2. The van der Waals surface area contributed by atoms with Crippen molar-refractivity contribution < 1.29 is 63.1 Å². The van der Waals surface area contributed by atoms with Crippen LogP contribution in [0.15, 0.2) is 109 Å². The van der Waals surface area contributed by atoms with Crippen LogP contribution in [0.5, 0.6) is 0 Å². The molecule has 14 heteroatoms. The summed E-state index contributed by atoms with van der Waals surface area (Å²) in [6.45, 7) is 3.04. The summed E-state index contributed by atoms with van der Waals surface area (Å²) in [6, 6.07) is 0. The van der Waals surface area contributed by atoms with E-state index in [1.165, 1.54) is 19.3 Å². The Balaban J connectivity index is 2.57. The molecule has 0 heterocycles. The van der Waals surface area contributed by atoms with E-state index >= 15 is 0 Å². The lowest BCUT2D eigenvalue weighted by atomic mass is 9.85. The van der Waals surface area contributed by atoms with Gasteiger partial charge in [0.25, 0.3) is 0 Å². The number of carbonyl (C=O) groups excluding carboxylic acids is 2. The van der Waals surface area contributed by atoms with Crippen LogP contribution in [0.25, 0.3) is 0 Å². The van der Waals surface area contributed by atoms with Crippen LogP contribution < -0.4 is 0 Å². The van der Waals surface area contributed by atoms with Crippen LogP contribution in [0, 0.1) is 0 Å². The van der Waals surface area contributed by atoms with Gasteiger partial charge in [0.15, 0.2) is 6.10 Å².